The van der Waals surface area contributed by atoms with Crippen LogP contribution in [-0.2, 0) is 9.47 Å². The van der Waals surface area contributed by atoms with Crippen molar-refractivity contribution >= 4 is 0 Å². The summed E-state index contributed by atoms with van der Waals surface area (Å²) in [7, 11) is 0. The zero-order chi connectivity index (χ0) is 10.6. The molecule has 2 N–H and O–H groups in total. The minimum atomic E-state index is 0.249. The maximum atomic E-state index is 5.65. The van der Waals surface area contributed by atoms with Gasteiger partial charge in [0.1, 0.15) is 0 Å². The summed E-state index contributed by atoms with van der Waals surface area (Å²) >= 11 is 0. The Hall–Kier alpha value is -0.120. The molecule has 0 aromatic heterocycles. The van der Waals surface area contributed by atoms with Crippen molar-refractivity contribution in [3.63, 3.8) is 0 Å². The summed E-state index contributed by atoms with van der Waals surface area (Å²) in [5.74, 6) is 0. The van der Waals surface area contributed by atoms with Crippen LogP contribution in [0.25, 0.3) is 0 Å². The number of hydrogen-bond donors (Lipinski definition) is 1. The molecule has 0 saturated heterocycles. The highest BCUT2D eigenvalue weighted by Crippen LogP contribution is 2.20. The third kappa shape index (κ3) is 4.94. The molecule has 0 heterocycles. The topological polar surface area (TPSA) is 44.5 Å². The molecule has 14 heavy (non-hydrogen) atoms. The molecule has 0 aromatic rings. The van der Waals surface area contributed by atoms with E-state index in [0.717, 1.165) is 19.4 Å². The zero-order valence-electron chi connectivity index (χ0n) is 9.58. The van der Waals surface area contributed by atoms with E-state index >= 15 is 0 Å². The number of hydrogen-bond acceptors (Lipinski definition) is 3. The van der Waals surface area contributed by atoms with Gasteiger partial charge in [0.25, 0.3) is 0 Å². The molecule has 0 amide bonds. The molecule has 0 aromatic carbocycles. The van der Waals surface area contributed by atoms with Gasteiger partial charge in [-0.05, 0) is 18.3 Å². The average Bonchev–Trinajstić information content (AvgIpc) is 1.98. The molecule has 0 aliphatic heterocycles. The highest BCUT2D eigenvalue weighted by Gasteiger charge is 2.26. The largest absolute Gasteiger partial charge is 0.379 e. The van der Waals surface area contributed by atoms with Crippen molar-refractivity contribution in [1.29, 1.82) is 0 Å². The molecule has 3 nitrogen and oxygen atoms in total. The molecule has 0 unspecified atom stereocenters. The standard InChI is InChI=1S/C11H23NO2/c1-11(2,3)8-13-4-5-14-10-6-9(12)7-10/h9-10H,4-8,12H2,1-3H3. The quantitative estimate of drug-likeness (QED) is 0.686. The lowest BCUT2D eigenvalue weighted by Crippen LogP contribution is -2.42. The van der Waals surface area contributed by atoms with Gasteiger partial charge in [0.15, 0.2) is 0 Å². The van der Waals surface area contributed by atoms with Gasteiger partial charge in [0.05, 0.1) is 25.9 Å². The molecule has 0 bridgehead atoms. The SMILES string of the molecule is CC(C)(C)COCCOC1CC(N)C1. The molecule has 0 spiro atoms. The Labute approximate surface area is 86.9 Å². The van der Waals surface area contributed by atoms with E-state index < -0.39 is 0 Å². The monoisotopic (exact) mass is 201 g/mol. The van der Waals surface area contributed by atoms with Gasteiger partial charge in [-0.2, -0.15) is 0 Å². The predicted molar refractivity (Wildman–Crippen MR) is 57.2 cm³/mol. The first-order valence-corrected chi connectivity index (χ1v) is 5.42. The molecule has 3 heteroatoms. The van der Waals surface area contributed by atoms with Crippen LogP contribution in [0.5, 0.6) is 0 Å². The number of ether oxygens (including phenoxy) is 2. The first-order valence-electron chi connectivity index (χ1n) is 5.42. The van der Waals surface area contributed by atoms with Crippen molar-refractivity contribution in [2.45, 2.75) is 45.8 Å². The zero-order valence-corrected chi connectivity index (χ0v) is 9.58. The Morgan fingerprint density at radius 3 is 2.36 bits per heavy atom. The van der Waals surface area contributed by atoms with E-state index in [4.69, 9.17) is 15.2 Å². The van der Waals surface area contributed by atoms with Crippen LogP contribution >= 0.6 is 0 Å². The lowest BCUT2D eigenvalue weighted by atomic mass is 9.90. The van der Waals surface area contributed by atoms with Crippen LogP contribution in [0.1, 0.15) is 33.6 Å². The average molecular weight is 201 g/mol. The van der Waals surface area contributed by atoms with Gasteiger partial charge in [-0.3, -0.25) is 0 Å². The van der Waals surface area contributed by atoms with E-state index in [1.165, 1.54) is 0 Å². The van der Waals surface area contributed by atoms with Gasteiger partial charge in [-0.1, -0.05) is 20.8 Å². The van der Waals surface area contributed by atoms with Crippen LogP contribution in [0.2, 0.25) is 0 Å². The molecule has 0 radical (unpaired) electrons. The first kappa shape index (κ1) is 12.0. The lowest BCUT2D eigenvalue weighted by Gasteiger charge is -2.32. The van der Waals surface area contributed by atoms with Crippen LogP contribution in [0, 0.1) is 5.41 Å². The molecule has 0 atom stereocenters. The maximum Gasteiger partial charge on any atom is 0.0704 e. The number of rotatable bonds is 5. The Kier molecular flexibility index (Phi) is 4.35. The highest BCUT2D eigenvalue weighted by atomic mass is 16.5. The van der Waals surface area contributed by atoms with Crippen LogP contribution in [0.15, 0.2) is 0 Å². The molecule has 1 saturated carbocycles. The molecule has 1 fully saturated rings. The van der Waals surface area contributed by atoms with Crippen molar-refractivity contribution in [1.82, 2.24) is 0 Å². The van der Waals surface area contributed by atoms with Crippen LogP contribution in [0.4, 0.5) is 0 Å². The first-order chi connectivity index (χ1) is 6.47. The van der Waals surface area contributed by atoms with Crippen molar-refractivity contribution in [2.75, 3.05) is 19.8 Å². The van der Waals surface area contributed by atoms with E-state index in [9.17, 15) is 0 Å². The lowest BCUT2D eigenvalue weighted by molar-refractivity contribution is -0.0442. The van der Waals surface area contributed by atoms with Gasteiger partial charge in [-0.25, -0.2) is 0 Å². The number of nitrogens with two attached hydrogens (primary N) is 1. The molecular formula is C11H23NO2. The van der Waals surface area contributed by atoms with E-state index in [1.807, 2.05) is 0 Å². The van der Waals surface area contributed by atoms with Crippen molar-refractivity contribution in [3.05, 3.63) is 0 Å². The second-order valence-corrected chi connectivity index (χ2v) is 5.34. The van der Waals surface area contributed by atoms with E-state index in [2.05, 4.69) is 20.8 Å². The molecule has 84 valence electrons. The van der Waals surface area contributed by atoms with E-state index in [0.29, 0.717) is 25.4 Å². The molecular weight excluding hydrogens is 178 g/mol. The highest BCUT2D eigenvalue weighted by molar-refractivity contribution is 4.82. The van der Waals surface area contributed by atoms with Gasteiger partial charge in [0.2, 0.25) is 0 Å². The van der Waals surface area contributed by atoms with Gasteiger partial charge >= 0.3 is 0 Å². The van der Waals surface area contributed by atoms with Crippen LogP contribution in [0.3, 0.4) is 0 Å². The fourth-order valence-electron chi connectivity index (χ4n) is 1.39. The molecule has 1 aliphatic rings. The van der Waals surface area contributed by atoms with Gasteiger partial charge < -0.3 is 15.2 Å². The second kappa shape index (κ2) is 5.10. The fraction of sp³-hybridized carbons (Fsp3) is 1.00. The summed E-state index contributed by atoms with van der Waals surface area (Å²) in [6, 6.07) is 0.371. The van der Waals surface area contributed by atoms with Crippen LogP contribution in [-0.4, -0.2) is 32.0 Å². The van der Waals surface area contributed by atoms with Crippen molar-refractivity contribution < 1.29 is 9.47 Å². The molecule has 1 rings (SSSR count). The summed E-state index contributed by atoms with van der Waals surface area (Å²) in [5, 5.41) is 0. The van der Waals surface area contributed by atoms with Crippen LogP contribution < -0.4 is 5.73 Å². The Balaban J connectivity index is 1.85. The third-order valence-electron chi connectivity index (χ3n) is 2.25. The minimum absolute atomic E-state index is 0.249. The Morgan fingerprint density at radius 2 is 1.86 bits per heavy atom. The third-order valence-corrected chi connectivity index (χ3v) is 2.25. The smallest absolute Gasteiger partial charge is 0.0704 e. The Bertz CT molecular complexity index is 159. The van der Waals surface area contributed by atoms with E-state index in [1.54, 1.807) is 0 Å². The predicted octanol–water partition coefficient (Wildman–Crippen LogP) is 1.56. The fourth-order valence-corrected chi connectivity index (χ4v) is 1.39. The summed E-state index contributed by atoms with van der Waals surface area (Å²) in [6.45, 7) is 8.69. The Morgan fingerprint density at radius 1 is 1.21 bits per heavy atom. The summed E-state index contributed by atoms with van der Waals surface area (Å²) in [4.78, 5) is 0. The summed E-state index contributed by atoms with van der Waals surface area (Å²) < 4.78 is 11.0. The summed E-state index contributed by atoms with van der Waals surface area (Å²) in [6.07, 6.45) is 2.42. The van der Waals surface area contributed by atoms with Gasteiger partial charge in [-0.15, -0.1) is 0 Å². The maximum absolute atomic E-state index is 5.65. The van der Waals surface area contributed by atoms with Gasteiger partial charge in [0, 0.05) is 6.04 Å². The molecule has 1 aliphatic carbocycles. The van der Waals surface area contributed by atoms with Crippen molar-refractivity contribution in [2.24, 2.45) is 11.1 Å². The summed E-state index contributed by atoms with van der Waals surface area (Å²) in [5.41, 5.74) is 5.89. The normalized spacial score (nSPS) is 27.4. The second-order valence-electron chi connectivity index (χ2n) is 5.34. The van der Waals surface area contributed by atoms with Crippen molar-refractivity contribution in [3.8, 4) is 0 Å². The minimum Gasteiger partial charge on any atom is -0.379 e. The van der Waals surface area contributed by atoms with E-state index in [-0.39, 0.29) is 5.41 Å².